The van der Waals surface area contributed by atoms with E-state index in [9.17, 15) is 24.2 Å². The maximum absolute atomic E-state index is 13.0. The van der Waals surface area contributed by atoms with Crippen LogP contribution in [-0.2, 0) is 27.9 Å². The molecular weight excluding hydrogens is 531 g/mol. The summed E-state index contributed by atoms with van der Waals surface area (Å²) in [4.78, 5) is 39.3. The van der Waals surface area contributed by atoms with Crippen LogP contribution in [0.5, 0.6) is 0 Å². The van der Waals surface area contributed by atoms with Gasteiger partial charge in [-0.3, -0.25) is 18.6 Å². The van der Waals surface area contributed by atoms with Crippen molar-refractivity contribution in [3.63, 3.8) is 0 Å². The zero-order chi connectivity index (χ0) is 28.5. The fraction of sp³-hybridized carbons (Fsp3) is 0.923. The summed E-state index contributed by atoms with van der Waals surface area (Å²) in [5.41, 5.74) is 0. The first-order valence-electron chi connectivity index (χ1n) is 13.9. The lowest BCUT2D eigenvalue weighted by molar-refractivity contribution is -0.134. The lowest BCUT2D eigenvalue weighted by atomic mass is 10.1. The second-order valence-corrected chi connectivity index (χ2v) is 14.4. The number of thioether (sulfide) groups is 1. The molecule has 2 fully saturated rings. The number of amides is 2. The molecule has 2 saturated heterocycles. The summed E-state index contributed by atoms with van der Waals surface area (Å²) >= 11 is 1.81. The minimum atomic E-state index is -4.46. The second kappa shape index (κ2) is 15.9. The zero-order valence-corrected chi connectivity index (χ0v) is 25.6. The number of aliphatic hydroxyl groups is 1. The Morgan fingerprint density at radius 3 is 2.24 bits per heavy atom. The summed E-state index contributed by atoms with van der Waals surface area (Å²) in [5, 5.41) is 10.6. The monoisotopic (exact) mass is 580 g/mol. The number of β-amino-alcohol motifs (C(OH)–C–C–N with tert-alkyl or cyclic N) is 1. The summed E-state index contributed by atoms with van der Waals surface area (Å²) in [6, 6.07) is -0.738. The largest absolute Gasteiger partial charge is 0.472 e. The third-order valence-electron chi connectivity index (χ3n) is 6.67. The summed E-state index contributed by atoms with van der Waals surface area (Å²) in [7, 11) is -4.46. The van der Waals surface area contributed by atoms with Gasteiger partial charge in [-0.25, -0.2) is 4.57 Å². The molecule has 0 bridgehead atoms. The van der Waals surface area contributed by atoms with Crippen molar-refractivity contribution in [2.24, 2.45) is 5.92 Å². The average Bonchev–Trinajstić information content (AvgIpc) is 3.39. The van der Waals surface area contributed by atoms with Gasteiger partial charge in [0.1, 0.15) is 0 Å². The highest BCUT2D eigenvalue weighted by atomic mass is 32.2. The third kappa shape index (κ3) is 11.8. The first kappa shape index (κ1) is 33.5. The molecule has 2 heterocycles. The smallest absolute Gasteiger partial charge is 0.391 e. The van der Waals surface area contributed by atoms with E-state index in [4.69, 9.17) is 13.8 Å². The molecule has 2 aliphatic heterocycles. The molecule has 2 N–H and O–H groups in total. The van der Waals surface area contributed by atoms with Crippen LogP contribution in [0.2, 0.25) is 0 Å². The van der Waals surface area contributed by atoms with Gasteiger partial charge in [-0.05, 0) is 56.5 Å². The van der Waals surface area contributed by atoms with Gasteiger partial charge in [-0.1, -0.05) is 27.7 Å². The molecule has 0 aromatic carbocycles. The summed E-state index contributed by atoms with van der Waals surface area (Å²) in [5.74, 6) is 1.17. The number of phosphoric acid groups is 1. The number of hydrogen-bond acceptors (Lipinski definition) is 8. The van der Waals surface area contributed by atoms with E-state index in [2.05, 4.69) is 13.8 Å². The molecule has 0 radical (unpaired) electrons. The third-order valence-corrected chi connectivity index (χ3v) is 8.90. The fourth-order valence-electron chi connectivity index (χ4n) is 4.71. The van der Waals surface area contributed by atoms with Crippen LogP contribution in [0.15, 0.2) is 0 Å². The highest BCUT2D eigenvalue weighted by Crippen LogP contribution is 2.47. The van der Waals surface area contributed by atoms with Crippen molar-refractivity contribution >= 4 is 31.4 Å². The number of likely N-dealkylation sites (tertiary alicyclic amines) is 2. The van der Waals surface area contributed by atoms with Crippen molar-refractivity contribution in [1.82, 2.24) is 9.80 Å². The first-order chi connectivity index (χ1) is 17.8. The van der Waals surface area contributed by atoms with Crippen molar-refractivity contribution in [2.45, 2.75) is 116 Å². The minimum absolute atomic E-state index is 0.00501. The van der Waals surface area contributed by atoms with Gasteiger partial charge < -0.3 is 24.5 Å². The number of phosphoric ester groups is 1. The lowest BCUT2D eigenvalue weighted by Crippen LogP contribution is -2.39. The van der Waals surface area contributed by atoms with Gasteiger partial charge in [-0.15, -0.1) is 0 Å². The molecule has 12 heteroatoms. The van der Waals surface area contributed by atoms with Crippen LogP contribution in [0.25, 0.3) is 0 Å². The Labute approximate surface area is 232 Å². The number of ether oxygens (including phenoxy) is 1. The van der Waals surface area contributed by atoms with E-state index in [0.29, 0.717) is 37.0 Å². The van der Waals surface area contributed by atoms with E-state index in [0.717, 1.165) is 18.6 Å². The fourth-order valence-corrected chi connectivity index (χ4v) is 6.45. The molecule has 10 nitrogen and oxygen atoms in total. The summed E-state index contributed by atoms with van der Waals surface area (Å²) in [6.45, 7) is 12.7. The molecule has 3 unspecified atom stereocenters. The summed E-state index contributed by atoms with van der Waals surface area (Å²) in [6.07, 6.45) is 1.54. The number of rotatable bonds is 16. The van der Waals surface area contributed by atoms with E-state index in [1.807, 2.05) is 39.5 Å². The topological polar surface area (TPSA) is 126 Å². The van der Waals surface area contributed by atoms with Crippen molar-refractivity contribution in [3.8, 4) is 0 Å². The van der Waals surface area contributed by atoms with E-state index in [1.54, 1.807) is 9.80 Å². The molecule has 2 rings (SSSR count). The van der Waals surface area contributed by atoms with Crippen molar-refractivity contribution in [1.29, 1.82) is 0 Å². The molecule has 38 heavy (non-hydrogen) atoms. The predicted molar refractivity (Wildman–Crippen MR) is 149 cm³/mol. The molecule has 0 saturated carbocycles. The SMILES string of the molecule is CC(C)CCC(=O)N1C[C@H](O)CC1COP(=O)(O)OC1C[C@@H](COC(C)C)N(C(=O)CCCSC(C)C)C1. The highest BCUT2D eigenvalue weighted by Gasteiger charge is 2.41. The maximum atomic E-state index is 13.0. The number of carbonyl (C=O) groups is 2. The van der Waals surface area contributed by atoms with Gasteiger partial charge >= 0.3 is 7.82 Å². The predicted octanol–water partition coefficient (Wildman–Crippen LogP) is 3.83. The molecule has 2 aliphatic rings. The Balaban J connectivity index is 1.93. The van der Waals surface area contributed by atoms with Crippen molar-refractivity contribution < 1.29 is 37.9 Å². The molecule has 2 amide bonds. The van der Waals surface area contributed by atoms with Gasteiger partial charge in [0.05, 0.1) is 43.6 Å². The van der Waals surface area contributed by atoms with Crippen LogP contribution in [0.1, 0.15) is 80.1 Å². The van der Waals surface area contributed by atoms with Gasteiger partial charge in [0.15, 0.2) is 0 Å². The van der Waals surface area contributed by atoms with Crippen LogP contribution in [-0.4, -0.2) is 99.3 Å². The van der Waals surface area contributed by atoms with Crippen molar-refractivity contribution in [2.75, 3.05) is 32.1 Å². The molecule has 222 valence electrons. The quantitative estimate of drug-likeness (QED) is 0.207. The Kier molecular flexibility index (Phi) is 14.1. The number of aliphatic hydroxyl groups excluding tert-OH is 1. The zero-order valence-electron chi connectivity index (χ0n) is 23.9. The van der Waals surface area contributed by atoms with E-state index in [-0.39, 0.29) is 50.1 Å². The number of hydrogen-bond donors (Lipinski definition) is 2. The van der Waals surface area contributed by atoms with E-state index >= 15 is 0 Å². The number of nitrogens with zero attached hydrogens (tertiary/aromatic N) is 2. The maximum Gasteiger partial charge on any atom is 0.472 e. The highest BCUT2D eigenvalue weighted by molar-refractivity contribution is 7.99. The molecule has 0 spiro atoms. The molecule has 0 aromatic heterocycles. The Bertz CT molecular complexity index is 799. The van der Waals surface area contributed by atoms with Crippen molar-refractivity contribution in [3.05, 3.63) is 0 Å². The Hall–Kier alpha value is -0.680. The standard InChI is InChI=1S/C26H49N2O8PS/c1-18(2)9-10-26(31)27-14-23(29)12-21(27)17-35-37(32,33)36-24-13-22(16-34-19(3)4)28(15-24)25(30)8-7-11-38-20(5)6/h18-24,29H,7-17H2,1-6H3,(H,32,33)/t21?,22-,23+,24?/m0/s1. The second-order valence-electron chi connectivity index (χ2n) is 11.4. The normalized spacial score (nSPS) is 25.7. The number of carbonyl (C=O) groups excluding carboxylic acids is 2. The van der Waals surface area contributed by atoms with Crippen LogP contribution in [0.3, 0.4) is 0 Å². The van der Waals surface area contributed by atoms with Gasteiger partial charge in [0.25, 0.3) is 0 Å². The molecule has 5 atom stereocenters. The summed E-state index contributed by atoms with van der Waals surface area (Å²) < 4.78 is 29.4. The van der Waals surface area contributed by atoms with E-state index < -0.39 is 26.1 Å². The van der Waals surface area contributed by atoms with Crippen LogP contribution < -0.4 is 0 Å². The molecule has 0 aromatic rings. The van der Waals surface area contributed by atoms with Gasteiger partial charge in [-0.2, -0.15) is 11.8 Å². The van der Waals surface area contributed by atoms with Crippen LogP contribution in [0.4, 0.5) is 0 Å². The lowest BCUT2D eigenvalue weighted by Gasteiger charge is -2.26. The average molecular weight is 581 g/mol. The Morgan fingerprint density at radius 2 is 1.61 bits per heavy atom. The molecule has 0 aliphatic carbocycles. The molecular formula is C26H49N2O8PS. The Morgan fingerprint density at radius 1 is 0.974 bits per heavy atom. The van der Waals surface area contributed by atoms with Crippen LogP contribution >= 0.6 is 19.6 Å². The minimum Gasteiger partial charge on any atom is -0.391 e. The first-order valence-corrected chi connectivity index (χ1v) is 16.5. The van der Waals surface area contributed by atoms with Crippen LogP contribution in [0, 0.1) is 5.92 Å². The van der Waals surface area contributed by atoms with Gasteiger partial charge in [0.2, 0.25) is 11.8 Å². The van der Waals surface area contributed by atoms with Gasteiger partial charge in [0, 0.05) is 25.9 Å². The van der Waals surface area contributed by atoms with E-state index in [1.165, 1.54) is 0 Å².